The second-order valence-electron chi connectivity index (χ2n) is 2.69. The van der Waals surface area contributed by atoms with Crippen molar-refractivity contribution in [3.05, 3.63) is 18.5 Å². The summed E-state index contributed by atoms with van der Waals surface area (Å²) in [7, 11) is -15.8. The van der Waals surface area contributed by atoms with E-state index in [2.05, 4.69) is 18.6 Å². The molecule has 2 unspecified atom stereocenters. The summed E-state index contributed by atoms with van der Waals surface area (Å²) in [5, 5.41) is 0. The van der Waals surface area contributed by atoms with Crippen molar-refractivity contribution in [1.29, 1.82) is 0 Å². The summed E-state index contributed by atoms with van der Waals surface area (Å²) in [6.45, 7) is 0. The molecule has 102 valence electrons. The molecule has 0 bridgehead atoms. The fraction of sp³-hybridized carbons (Fsp3) is 0. The Labute approximate surface area is 99.8 Å². The molecule has 0 aromatic carbocycles. The molecule has 1 heterocycles. The number of aromatic nitrogens is 2. The summed E-state index contributed by atoms with van der Waals surface area (Å²) in [6, 6.07) is 1.30. The molecule has 2 atom stereocenters. The van der Waals surface area contributed by atoms with Crippen LogP contribution >= 0.6 is 23.2 Å². The van der Waals surface area contributed by atoms with Gasteiger partial charge in [0.2, 0.25) is 5.57 Å². The first-order valence-electron chi connectivity index (χ1n) is 3.93. The maximum Gasteiger partial charge on any atom is 0.488 e. The van der Waals surface area contributed by atoms with Gasteiger partial charge in [0.05, 0.1) is 0 Å². The van der Waals surface area contributed by atoms with Crippen LogP contribution in [0.5, 0.6) is 0 Å². The highest BCUT2D eigenvalue weighted by Gasteiger charge is 2.41. The lowest BCUT2D eigenvalue weighted by Crippen LogP contribution is -2.14. The average molecular weight is 320 g/mol. The number of hydrogen-bond donors (Lipinski definition) is 4. The zero-order valence-corrected chi connectivity index (χ0v) is 11.0. The molecule has 4 N–H and O–H groups in total. The van der Waals surface area contributed by atoms with Gasteiger partial charge >= 0.3 is 23.2 Å². The first-order chi connectivity index (χ1) is 8.02. The van der Waals surface area contributed by atoms with Crippen molar-refractivity contribution < 1.29 is 41.9 Å². The quantitative estimate of drug-likeness (QED) is 0.515. The van der Waals surface area contributed by atoms with E-state index >= 15 is 0 Å². The van der Waals surface area contributed by atoms with Gasteiger partial charge in [0, 0.05) is 12.4 Å². The van der Waals surface area contributed by atoms with Gasteiger partial charge in [0.25, 0.3) is 0 Å². The molecule has 18 heavy (non-hydrogen) atoms. The Balaban J connectivity index is 2.94. The summed E-state index contributed by atoms with van der Waals surface area (Å²) < 4.78 is 40.0. The predicted molar refractivity (Wildman–Crippen MR) is 55.5 cm³/mol. The van der Waals surface area contributed by atoms with Gasteiger partial charge in [-0.15, -0.1) is 0 Å². The number of phosphoric acid groups is 2. The van der Waals surface area contributed by atoms with E-state index in [1.54, 1.807) is 0 Å². The molecule has 0 aliphatic carbocycles. The van der Waals surface area contributed by atoms with E-state index in [1.807, 2.05) is 0 Å². The molecule has 0 saturated heterocycles. The van der Waals surface area contributed by atoms with Crippen molar-refractivity contribution in [2.75, 3.05) is 0 Å². The molecule has 0 aliphatic heterocycles. The van der Waals surface area contributed by atoms with Crippen molar-refractivity contribution in [2.45, 2.75) is 0 Å². The molecule has 0 saturated carbocycles. The Kier molecular flexibility index (Phi) is 4.56. The molecule has 1 aromatic heterocycles. The van der Waals surface area contributed by atoms with Crippen LogP contribution in [0, 0.1) is 0 Å². The van der Waals surface area contributed by atoms with Crippen molar-refractivity contribution in [1.82, 2.24) is 9.97 Å². The van der Waals surface area contributed by atoms with Gasteiger partial charge in [-0.2, -0.15) is 4.31 Å². The van der Waals surface area contributed by atoms with Crippen molar-refractivity contribution in [3.63, 3.8) is 0 Å². The van der Waals surface area contributed by atoms with Crippen LogP contribution in [-0.4, -0.2) is 29.5 Å². The topological polar surface area (TPSA) is 176 Å². The molecule has 1 rings (SSSR count). The van der Waals surface area contributed by atoms with Crippen LogP contribution in [0.1, 0.15) is 0 Å². The minimum atomic E-state index is -5.46. The third kappa shape index (κ3) is 5.03. The van der Waals surface area contributed by atoms with Crippen LogP contribution in [0.3, 0.4) is 0 Å². The minimum Gasteiger partial charge on any atom is -0.318 e. The largest absolute Gasteiger partial charge is 0.488 e. The maximum absolute atomic E-state index is 11.5. The molecule has 1 aromatic rings. The summed E-state index contributed by atoms with van der Waals surface area (Å²) in [4.78, 5) is 41.3. The fourth-order valence-electron chi connectivity index (χ4n) is 0.763. The maximum atomic E-state index is 11.5. The van der Waals surface area contributed by atoms with Crippen LogP contribution in [0.4, 0.5) is 0 Å². The Hall–Kier alpha value is -0.470. The summed E-state index contributed by atoms with van der Waals surface area (Å²) in [5.41, 5.74) is -0.825. The lowest BCUT2D eigenvalue weighted by atomic mass is 10.7. The highest BCUT2D eigenvalue weighted by Crippen LogP contribution is 2.65. The second-order valence-corrected chi connectivity index (χ2v) is 7.36. The third-order valence-electron chi connectivity index (χ3n) is 1.23. The Morgan fingerprint density at radius 2 is 1.44 bits per heavy atom. The van der Waals surface area contributed by atoms with E-state index in [4.69, 9.17) is 14.7 Å². The van der Waals surface area contributed by atoms with Gasteiger partial charge in [-0.25, -0.2) is 23.4 Å². The van der Waals surface area contributed by atoms with E-state index in [9.17, 15) is 18.6 Å². The van der Waals surface area contributed by atoms with Gasteiger partial charge < -0.3 is 19.6 Å². The molecular weight excluding hydrogens is 313 g/mol. The lowest BCUT2D eigenvalue weighted by Gasteiger charge is -2.15. The number of hydrogen-bond acceptors (Lipinski definition) is 7. The molecule has 14 heteroatoms. The number of nitrogens with zero attached hydrogens (tertiary/aromatic N) is 2. The van der Waals surface area contributed by atoms with Crippen LogP contribution in [-0.2, 0) is 22.3 Å². The minimum absolute atomic E-state index is 0.825. The predicted octanol–water partition coefficient (Wildman–Crippen LogP) is -0.486. The SMILES string of the molecule is O=P(O)(O)OP(=O)(O)OP(=O)(O)c1ncccn1. The van der Waals surface area contributed by atoms with Gasteiger partial charge in [0.15, 0.2) is 0 Å². The molecule has 11 nitrogen and oxygen atoms in total. The molecule has 0 amide bonds. The fourth-order valence-corrected chi connectivity index (χ4v) is 4.06. The lowest BCUT2D eigenvalue weighted by molar-refractivity contribution is 0.224. The van der Waals surface area contributed by atoms with Crippen molar-refractivity contribution in [2.24, 2.45) is 0 Å². The zero-order valence-electron chi connectivity index (χ0n) is 8.30. The molecule has 0 radical (unpaired) electrons. The smallest absolute Gasteiger partial charge is 0.318 e. The summed E-state index contributed by atoms with van der Waals surface area (Å²) >= 11 is 0. The van der Waals surface area contributed by atoms with Gasteiger partial charge in [-0.1, -0.05) is 0 Å². The standard InChI is InChI=1S/C4H7N2O9P3/c7-16(8,4-5-2-1-3-6-4)14-18(12,13)15-17(9,10)11/h1-3H,(H,7,8)(H,12,13)(H2,9,10,11). The summed E-state index contributed by atoms with van der Waals surface area (Å²) in [5.74, 6) is 0. The van der Waals surface area contributed by atoms with Crippen LogP contribution < -0.4 is 5.57 Å². The van der Waals surface area contributed by atoms with Crippen LogP contribution in [0.2, 0.25) is 0 Å². The van der Waals surface area contributed by atoms with E-state index in [0.29, 0.717) is 0 Å². The Morgan fingerprint density at radius 1 is 0.944 bits per heavy atom. The summed E-state index contributed by atoms with van der Waals surface area (Å²) in [6.07, 6.45) is 2.11. The molecule has 0 aliphatic rings. The average Bonchev–Trinajstić information content (AvgIpc) is 2.13. The molecule has 0 spiro atoms. The highest BCUT2D eigenvalue weighted by atomic mass is 31.3. The Morgan fingerprint density at radius 3 is 1.89 bits per heavy atom. The van der Waals surface area contributed by atoms with E-state index in [-0.39, 0.29) is 0 Å². The third-order valence-corrected chi connectivity index (χ3v) is 5.35. The number of rotatable bonds is 5. The van der Waals surface area contributed by atoms with Crippen LogP contribution in [0.15, 0.2) is 18.5 Å². The monoisotopic (exact) mass is 320 g/mol. The first-order valence-corrected chi connectivity index (χ1v) is 8.54. The van der Waals surface area contributed by atoms with Crippen molar-refractivity contribution in [3.8, 4) is 0 Å². The molecular formula is C4H7N2O9P3. The van der Waals surface area contributed by atoms with Gasteiger partial charge in [-0.3, -0.25) is 4.57 Å². The normalized spacial score (nSPS) is 18.9. The van der Waals surface area contributed by atoms with E-state index in [0.717, 1.165) is 12.4 Å². The van der Waals surface area contributed by atoms with Gasteiger partial charge in [-0.05, 0) is 6.07 Å². The zero-order chi connectivity index (χ0) is 14.0. The second kappa shape index (κ2) is 5.26. The van der Waals surface area contributed by atoms with Crippen molar-refractivity contribution >= 4 is 28.8 Å². The van der Waals surface area contributed by atoms with Gasteiger partial charge in [0.1, 0.15) is 0 Å². The van der Waals surface area contributed by atoms with E-state index < -0.39 is 28.8 Å². The van der Waals surface area contributed by atoms with Crippen LogP contribution in [0.25, 0.3) is 0 Å². The highest BCUT2D eigenvalue weighted by molar-refractivity contribution is 7.71. The first kappa shape index (κ1) is 15.6. The molecule has 0 fully saturated rings. The van der Waals surface area contributed by atoms with E-state index in [1.165, 1.54) is 6.07 Å². The Bertz CT molecular complexity index is 554.